The Morgan fingerprint density at radius 3 is 2.71 bits per heavy atom. The van der Waals surface area contributed by atoms with E-state index in [-0.39, 0.29) is 16.4 Å². The van der Waals surface area contributed by atoms with Crippen molar-refractivity contribution < 1.29 is 9.18 Å². The summed E-state index contributed by atoms with van der Waals surface area (Å²) in [4.78, 5) is 12.1. The Balaban J connectivity index is 2.51. The van der Waals surface area contributed by atoms with Crippen molar-refractivity contribution in [3.8, 4) is 0 Å². The van der Waals surface area contributed by atoms with Crippen LogP contribution in [0.4, 0.5) is 4.39 Å². The molecule has 0 amide bonds. The molecule has 0 aliphatic heterocycles. The van der Waals surface area contributed by atoms with E-state index < -0.39 is 5.82 Å². The molecule has 1 heterocycles. The fourth-order valence-electron chi connectivity index (χ4n) is 1.54. The Hall–Kier alpha value is -1.68. The standard InChI is InChI=1S/C12H10ClFN2O/c1-7-10(6-15-16(7)2)12(17)9-5-8(14)3-4-11(9)13/h3-6H,1-2H3. The Bertz CT molecular complexity index is 592. The molecular weight excluding hydrogens is 243 g/mol. The van der Waals surface area contributed by atoms with Gasteiger partial charge in [0.05, 0.1) is 16.8 Å². The predicted octanol–water partition coefficient (Wildman–Crippen LogP) is 2.75. The molecule has 0 spiro atoms. The van der Waals surface area contributed by atoms with Gasteiger partial charge >= 0.3 is 0 Å². The van der Waals surface area contributed by atoms with Gasteiger partial charge in [-0.2, -0.15) is 5.10 Å². The molecule has 0 N–H and O–H groups in total. The summed E-state index contributed by atoms with van der Waals surface area (Å²) in [6.07, 6.45) is 1.46. The van der Waals surface area contributed by atoms with Crippen molar-refractivity contribution in [2.45, 2.75) is 6.92 Å². The highest BCUT2D eigenvalue weighted by Gasteiger charge is 2.18. The summed E-state index contributed by atoms with van der Waals surface area (Å²) < 4.78 is 14.7. The number of hydrogen-bond donors (Lipinski definition) is 0. The van der Waals surface area contributed by atoms with Crippen LogP contribution in [0.15, 0.2) is 24.4 Å². The Kier molecular flexibility index (Phi) is 2.98. The van der Waals surface area contributed by atoms with Crippen molar-refractivity contribution in [1.82, 2.24) is 9.78 Å². The number of nitrogens with zero attached hydrogens (tertiary/aromatic N) is 2. The van der Waals surface area contributed by atoms with Gasteiger partial charge in [0, 0.05) is 18.3 Å². The minimum atomic E-state index is -0.487. The second-order valence-electron chi connectivity index (χ2n) is 3.72. The zero-order chi connectivity index (χ0) is 12.6. The number of carbonyl (C=O) groups is 1. The number of ketones is 1. The van der Waals surface area contributed by atoms with Gasteiger partial charge in [-0.25, -0.2) is 4.39 Å². The summed E-state index contributed by atoms with van der Waals surface area (Å²) in [6, 6.07) is 3.72. The Morgan fingerprint density at radius 2 is 2.12 bits per heavy atom. The van der Waals surface area contributed by atoms with E-state index in [1.54, 1.807) is 18.7 Å². The molecule has 0 fully saturated rings. The Morgan fingerprint density at radius 1 is 1.41 bits per heavy atom. The normalized spacial score (nSPS) is 10.6. The van der Waals surface area contributed by atoms with E-state index in [2.05, 4.69) is 5.10 Å². The van der Waals surface area contributed by atoms with Gasteiger partial charge in [0.1, 0.15) is 5.82 Å². The van der Waals surface area contributed by atoms with Crippen LogP contribution in [-0.2, 0) is 7.05 Å². The molecule has 17 heavy (non-hydrogen) atoms. The van der Waals surface area contributed by atoms with Crippen molar-refractivity contribution in [2.24, 2.45) is 7.05 Å². The maximum atomic E-state index is 13.1. The molecule has 0 aliphatic carbocycles. The number of carbonyl (C=O) groups excluding carboxylic acids is 1. The molecule has 2 aromatic rings. The van der Waals surface area contributed by atoms with E-state index in [0.717, 1.165) is 11.8 Å². The van der Waals surface area contributed by atoms with Crippen molar-refractivity contribution in [1.29, 1.82) is 0 Å². The molecule has 0 saturated carbocycles. The molecule has 0 atom stereocenters. The van der Waals surface area contributed by atoms with Crippen LogP contribution in [0.3, 0.4) is 0 Å². The highest BCUT2D eigenvalue weighted by atomic mass is 35.5. The minimum Gasteiger partial charge on any atom is -0.288 e. The van der Waals surface area contributed by atoms with E-state index in [1.165, 1.54) is 18.3 Å². The maximum absolute atomic E-state index is 13.1. The van der Waals surface area contributed by atoms with Gasteiger partial charge in [-0.05, 0) is 25.1 Å². The first kappa shape index (κ1) is 11.8. The minimum absolute atomic E-state index is 0.155. The molecule has 0 unspecified atom stereocenters. The molecule has 0 saturated heterocycles. The number of aromatic nitrogens is 2. The van der Waals surface area contributed by atoms with Crippen LogP contribution in [0.2, 0.25) is 5.02 Å². The molecule has 2 rings (SSSR count). The van der Waals surface area contributed by atoms with Crippen LogP contribution in [0.5, 0.6) is 0 Å². The van der Waals surface area contributed by atoms with E-state index in [4.69, 9.17) is 11.6 Å². The molecule has 88 valence electrons. The number of hydrogen-bond acceptors (Lipinski definition) is 2. The van der Waals surface area contributed by atoms with E-state index >= 15 is 0 Å². The summed E-state index contributed by atoms with van der Waals surface area (Å²) >= 11 is 5.89. The lowest BCUT2D eigenvalue weighted by Crippen LogP contribution is -2.04. The van der Waals surface area contributed by atoms with Gasteiger partial charge in [-0.3, -0.25) is 9.48 Å². The van der Waals surface area contributed by atoms with Crippen LogP contribution < -0.4 is 0 Å². The molecule has 0 bridgehead atoms. The quantitative estimate of drug-likeness (QED) is 0.771. The lowest BCUT2D eigenvalue weighted by Gasteiger charge is -2.03. The zero-order valence-corrected chi connectivity index (χ0v) is 10.1. The molecule has 0 radical (unpaired) electrons. The maximum Gasteiger partial charge on any atom is 0.198 e. The SMILES string of the molecule is Cc1c(C(=O)c2cc(F)ccc2Cl)cnn1C. The van der Waals surface area contributed by atoms with Gasteiger partial charge in [0.2, 0.25) is 0 Å². The fourth-order valence-corrected chi connectivity index (χ4v) is 1.74. The molecule has 1 aromatic carbocycles. The average Bonchev–Trinajstić information content (AvgIpc) is 2.62. The summed E-state index contributed by atoms with van der Waals surface area (Å²) in [5.41, 5.74) is 1.30. The zero-order valence-electron chi connectivity index (χ0n) is 9.37. The number of aryl methyl sites for hydroxylation is 1. The van der Waals surface area contributed by atoms with Gasteiger partial charge in [-0.15, -0.1) is 0 Å². The molecule has 0 aliphatic rings. The van der Waals surface area contributed by atoms with Gasteiger partial charge in [0.25, 0.3) is 0 Å². The van der Waals surface area contributed by atoms with Gasteiger partial charge in [-0.1, -0.05) is 11.6 Å². The first-order valence-electron chi connectivity index (χ1n) is 4.99. The number of benzene rings is 1. The smallest absolute Gasteiger partial charge is 0.198 e. The van der Waals surface area contributed by atoms with Crippen molar-refractivity contribution >= 4 is 17.4 Å². The highest BCUT2D eigenvalue weighted by molar-refractivity contribution is 6.35. The lowest BCUT2D eigenvalue weighted by atomic mass is 10.0. The topological polar surface area (TPSA) is 34.9 Å². The van der Waals surface area contributed by atoms with Gasteiger partial charge in [0.15, 0.2) is 5.78 Å². The fraction of sp³-hybridized carbons (Fsp3) is 0.167. The van der Waals surface area contributed by atoms with Crippen LogP contribution in [0, 0.1) is 12.7 Å². The van der Waals surface area contributed by atoms with Crippen molar-refractivity contribution in [3.05, 3.63) is 52.1 Å². The van der Waals surface area contributed by atoms with Gasteiger partial charge < -0.3 is 0 Å². The van der Waals surface area contributed by atoms with Crippen LogP contribution in [0.25, 0.3) is 0 Å². The first-order chi connectivity index (χ1) is 8.00. The predicted molar refractivity (Wildman–Crippen MR) is 62.8 cm³/mol. The van der Waals surface area contributed by atoms with E-state index in [0.29, 0.717) is 5.56 Å². The summed E-state index contributed by atoms with van der Waals surface area (Å²) in [6.45, 7) is 1.77. The van der Waals surface area contributed by atoms with Crippen LogP contribution in [-0.4, -0.2) is 15.6 Å². The highest BCUT2D eigenvalue weighted by Crippen LogP contribution is 2.21. The number of halogens is 2. The monoisotopic (exact) mass is 252 g/mol. The third kappa shape index (κ3) is 2.08. The molecule has 3 nitrogen and oxygen atoms in total. The second kappa shape index (κ2) is 4.30. The summed E-state index contributed by atoms with van der Waals surface area (Å²) in [5, 5.41) is 4.21. The summed E-state index contributed by atoms with van der Waals surface area (Å²) in [5.74, 6) is -0.806. The summed E-state index contributed by atoms with van der Waals surface area (Å²) in [7, 11) is 1.74. The largest absolute Gasteiger partial charge is 0.288 e. The van der Waals surface area contributed by atoms with E-state index in [1.807, 2.05) is 0 Å². The van der Waals surface area contributed by atoms with Crippen molar-refractivity contribution in [3.63, 3.8) is 0 Å². The molecular formula is C12H10ClFN2O. The Labute approximate surface area is 103 Å². The average molecular weight is 253 g/mol. The van der Waals surface area contributed by atoms with E-state index in [9.17, 15) is 9.18 Å². The lowest BCUT2D eigenvalue weighted by molar-refractivity contribution is 0.103. The third-order valence-corrected chi connectivity index (χ3v) is 2.98. The van der Waals surface area contributed by atoms with Crippen molar-refractivity contribution in [2.75, 3.05) is 0 Å². The van der Waals surface area contributed by atoms with Crippen LogP contribution >= 0.6 is 11.6 Å². The molecule has 1 aromatic heterocycles. The van der Waals surface area contributed by atoms with Crippen LogP contribution in [0.1, 0.15) is 21.6 Å². The molecule has 5 heteroatoms. The number of rotatable bonds is 2. The second-order valence-corrected chi connectivity index (χ2v) is 4.13. The third-order valence-electron chi connectivity index (χ3n) is 2.65. The first-order valence-corrected chi connectivity index (χ1v) is 5.37.